The number of aromatic nitrogens is 1. The van der Waals surface area contributed by atoms with E-state index in [1.807, 2.05) is 30.5 Å². The number of carboxylic acid groups (broad SMARTS) is 1. The van der Waals surface area contributed by atoms with Gasteiger partial charge >= 0.3 is 5.97 Å². The van der Waals surface area contributed by atoms with E-state index in [-0.39, 0.29) is 5.41 Å². The van der Waals surface area contributed by atoms with Crippen LogP contribution in [-0.4, -0.2) is 28.1 Å². The number of halogens is 1. The van der Waals surface area contributed by atoms with Crippen molar-refractivity contribution in [1.29, 1.82) is 0 Å². The van der Waals surface area contributed by atoms with Gasteiger partial charge in [-0.1, -0.05) is 48.9 Å². The van der Waals surface area contributed by atoms with Gasteiger partial charge in [0.25, 0.3) is 0 Å². The maximum Gasteiger partial charge on any atom is 0.329 e. The number of nitrogens with one attached hydrogen (secondary N) is 2. The van der Waals surface area contributed by atoms with E-state index in [1.54, 1.807) is 11.3 Å². The molecule has 39 heavy (non-hydrogen) atoms. The first-order valence-electron chi connectivity index (χ1n) is 13.8. The molecule has 0 radical (unpaired) electrons. The number of carbonyl (C=O) groups is 1. The molecule has 0 bridgehead atoms. The van der Waals surface area contributed by atoms with Gasteiger partial charge in [-0.05, 0) is 103 Å². The van der Waals surface area contributed by atoms with Crippen LogP contribution in [0.25, 0.3) is 10.2 Å². The van der Waals surface area contributed by atoms with E-state index in [9.17, 15) is 9.90 Å². The molecule has 4 aromatic rings. The molecule has 0 saturated heterocycles. The molecule has 7 heteroatoms. The number of benzene rings is 2. The molecule has 2 aliphatic carbocycles. The number of anilines is 2. The standard InChI is InChI=1S/C32H34ClN3O2S/c1-21(20-35-27-9-15-34-28-10-16-39-29(27)28)17-23-18-22-5-2-3-8-26(22)31(23)11-13-32(14-12-31,30(37)38)36-25-7-4-6-24(33)19-25/h2-10,15-16,19,21,23,36H,11-14,17-18,20H2,1H3,(H,34,35)(H,37,38)/t21-,23?,31?,32?/m1/s1. The molecule has 1 spiro atoms. The Kier molecular flexibility index (Phi) is 7.02. The summed E-state index contributed by atoms with van der Waals surface area (Å²) in [5.41, 5.74) is 4.85. The number of hydrogen-bond acceptors (Lipinski definition) is 5. The Bertz CT molecular complexity index is 1490. The third-order valence-electron chi connectivity index (χ3n) is 9.09. The summed E-state index contributed by atoms with van der Waals surface area (Å²) >= 11 is 7.93. The van der Waals surface area contributed by atoms with E-state index in [0.717, 1.165) is 49.1 Å². The van der Waals surface area contributed by atoms with Gasteiger partial charge in [-0.3, -0.25) is 4.98 Å². The summed E-state index contributed by atoms with van der Waals surface area (Å²) in [5.74, 6) is 0.180. The van der Waals surface area contributed by atoms with Gasteiger partial charge in [0, 0.05) is 23.5 Å². The lowest BCUT2D eigenvalue weighted by molar-refractivity contribution is -0.144. The molecule has 202 valence electrons. The third kappa shape index (κ3) is 4.89. The first-order valence-corrected chi connectivity index (χ1v) is 15.1. The predicted octanol–water partition coefficient (Wildman–Crippen LogP) is 8.01. The zero-order valence-corrected chi connectivity index (χ0v) is 23.7. The average Bonchev–Trinajstić information content (AvgIpc) is 3.52. The van der Waals surface area contributed by atoms with Crippen LogP contribution in [0.3, 0.4) is 0 Å². The fourth-order valence-corrected chi connectivity index (χ4v) is 8.11. The Morgan fingerprint density at radius 3 is 2.74 bits per heavy atom. The first-order chi connectivity index (χ1) is 18.9. The Morgan fingerprint density at radius 2 is 1.95 bits per heavy atom. The number of carboxylic acids is 1. The van der Waals surface area contributed by atoms with Gasteiger partial charge in [-0.2, -0.15) is 0 Å². The summed E-state index contributed by atoms with van der Waals surface area (Å²) in [6, 6.07) is 20.4. The van der Waals surface area contributed by atoms with Crippen molar-refractivity contribution in [3.05, 3.63) is 88.4 Å². The highest BCUT2D eigenvalue weighted by atomic mass is 35.5. The second kappa shape index (κ2) is 10.5. The largest absolute Gasteiger partial charge is 0.480 e. The van der Waals surface area contributed by atoms with Gasteiger partial charge in [0.05, 0.1) is 15.9 Å². The van der Waals surface area contributed by atoms with Gasteiger partial charge in [0.15, 0.2) is 0 Å². The molecule has 5 nitrogen and oxygen atoms in total. The third-order valence-corrected chi connectivity index (χ3v) is 10.3. The highest BCUT2D eigenvalue weighted by Crippen LogP contribution is 2.56. The molecule has 6 rings (SSSR count). The van der Waals surface area contributed by atoms with E-state index >= 15 is 0 Å². The summed E-state index contributed by atoms with van der Waals surface area (Å²) < 4.78 is 1.21. The highest BCUT2D eigenvalue weighted by molar-refractivity contribution is 7.17. The molecular formula is C32H34ClN3O2S. The Hall–Kier alpha value is -3.09. The number of rotatable bonds is 8. The summed E-state index contributed by atoms with van der Waals surface area (Å²) in [6.07, 6.45) is 6.91. The van der Waals surface area contributed by atoms with Gasteiger partial charge in [-0.15, -0.1) is 11.3 Å². The zero-order valence-electron chi connectivity index (χ0n) is 22.1. The minimum absolute atomic E-state index is 0.0114. The number of fused-ring (bicyclic) bond motifs is 3. The molecule has 2 atom stereocenters. The van der Waals surface area contributed by atoms with E-state index in [0.29, 0.717) is 29.7 Å². The molecule has 1 fully saturated rings. The lowest BCUT2D eigenvalue weighted by Gasteiger charge is -2.47. The van der Waals surface area contributed by atoms with Crippen LogP contribution in [-0.2, 0) is 16.6 Å². The van der Waals surface area contributed by atoms with Crippen LogP contribution in [0.15, 0.2) is 72.2 Å². The van der Waals surface area contributed by atoms with Crippen LogP contribution >= 0.6 is 22.9 Å². The lowest BCUT2D eigenvalue weighted by atomic mass is 9.59. The minimum Gasteiger partial charge on any atom is -0.480 e. The Balaban J connectivity index is 1.20. The molecule has 0 aliphatic heterocycles. The van der Waals surface area contributed by atoms with Gasteiger partial charge < -0.3 is 15.7 Å². The highest BCUT2D eigenvalue weighted by Gasteiger charge is 2.53. The van der Waals surface area contributed by atoms with Crippen molar-refractivity contribution < 1.29 is 9.90 Å². The van der Waals surface area contributed by atoms with E-state index in [1.165, 1.54) is 15.8 Å². The molecule has 0 amide bonds. The van der Waals surface area contributed by atoms with Crippen molar-refractivity contribution in [1.82, 2.24) is 4.98 Å². The van der Waals surface area contributed by atoms with E-state index < -0.39 is 11.5 Å². The Morgan fingerprint density at radius 1 is 1.13 bits per heavy atom. The van der Waals surface area contributed by atoms with Crippen molar-refractivity contribution >= 4 is 50.5 Å². The van der Waals surface area contributed by atoms with Crippen LogP contribution in [0, 0.1) is 11.8 Å². The number of hydrogen-bond donors (Lipinski definition) is 3. The zero-order chi connectivity index (χ0) is 27.0. The van der Waals surface area contributed by atoms with Crippen LogP contribution in [0.1, 0.15) is 50.2 Å². The van der Waals surface area contributed by atoms with E-state index in [2.05, 4.69) is 64.3 Å². The first kappa shape index (κ1) is 26.1. The minimum atomic E-state index is -0.987. The maximum absolute atomic E-state index is 12.7. The Labute approximate surface area is 238 Å². The molecule has 2 aromatic carbocycles. The lowest BCUT2D eigenvalue weighted by Crippen LogP contribution is -2.53. The fourth-order valence-electron chi connectivity index (χ4n) is 7.07. The SMILES string of the molecule is C[C@@H](CNc1ccnc2ccsc12)CC1Cc2ccccc2C12CCC(Nc1cccc(Cl)c1)(C(=O)O)CC2. The number of pyridine rings is 1. The van der Waals surface area contributed by atoms with Crippen molar-refractivity contribution in [3.63, 3.8) is 0 Å². The quantitative estimate of drug-likeness (QED) is 0.204. The maximum atomic E-state index is 12.7. The molecule has 2 aliphatic rings. The fraction of sp³-hybridized carbons (Fsp3) is 0.375. The molecular weight excluding hydrogens is 526 g/mol. The summed E-state index contributed by atoms with van der Waals surface area (Å²) in [7, 11) is 0. The normalized spacial score (nSPS) is 24.9. The van der Waals surface area contributed by atoms with Gasteiger partial charge in [0.2, 0.25) is 0 Å². The summed E-state index contributed by atoms with van der Waals surface area (Å²) in [6.45, 7) is 3.23. The van der Waals surface area contributed by atoms with Crippen molar-refractivity contribution in [2.24, 2.45) is 11.8 Å². The number of nitrogens with zero attached hydrogens (tertiary/aromatic N) is 1. The molecule has 1 saturated carbocycles. The van der Waals surface area contributed by atoms with Crippen molar-refractivity contribution in [3.8, 4) is 0 Å². The van der Waals surface area contributed by atoms with Crippen molar-refractivity contribution in [2.75, 3.05) is 17.2 Å². The van der Waals surface area contributed by atoms with Crippen LogP contribution < -0.4 is 10.6 Å². The van der Waals surface area contributed by atoms with Gasteiger partial charge in [-0.25, -0.2) is 4.79 Å². The van der Waals surface area contributed by atoms with E-state index in [4.69, 9.17) is 11.6 Å². The topological polar surface area (TPSA) is 74.2 Å². The molecule has 2 aromatic heterocycles. The second-order valence-corrected chi connectivity index (χ2v) is 12.8. The monoisotopic (exact) mass is 559 g/mol. The van der Waals surface area contributed by atoms with Crippen molar-refractivity contribution in [2.45, 2.75) is 56.4 Å². The smallest absolute Gasteiger partial charge is 0.329 e. The molecule has 1 unspecified atom stereocenters. The number of aliphatic carboxylic acids is 1. The van der Waals surface area contributed by atoms with Gasteiger partial charge in [0.1, 0.15) is 5.54 Å². The number of thiophene rings is 1. The molecule has 2 heterocycles. The van der Waals surface area contributed by atoms with Crippen LogP contribution in [0.2, 0.25) is 5.02 Å². The summed E-state index contributed by atoms with van der Waals surface area (Å²) in [4.78, 5) is 17.1. The second-order valence-electron chi connectivity index (χ2n) is 11.5. The predicted molar refractivity (Wildman–Crippen MR) is 161 cm³/mol. The van der Waals surface area contributed by atoms with Crippen LogP contribution in [0.5, 0.6) is 0 Å². The summed E-state index contributed by atoms with van der Waals surface area (Å²) in [5, 5.41) is 20.1. The van der Waals surface area contributed by atoms with Crippen LogP contribution in [0.4, 0.5) is 11.4 Å². The average molecular weight is 560 g/mol. The molecule has 3 N–H and O–H groups in total.